The first-order valence-electron chi connectivity index (χ1n) is 4.84. The molecule has 0 bridgehead atoms. The fourth-order valence-electron chi connectivity index (χ4n) is 1.30. The van der Waals surface area contributed by atoms with Gasteiger partial charge in [-0.2, -0.15) is 0 Å². The van der Waals surface area contributed by atoms with Gasteiger partial charge in [0.05, 0.1) is 0 Å². The Bertz CT molecular complexity index is 429. The molecule has 0 heterocycles. The van der Waals surface area contributed by atoms with E-state index in [-0.39, 0.29) is 0 Å². The van der Waals surface area contributed by atoms with Gasteiger partial charge >= 0.3 is 0 Å². The maximum absolute atomic E-state index is 5.64. The summed E-state index contributed by atoms with van der Waals surface area (Å²) in [6.07, 6.45) is 1.81. The molecule has 0 aliphatic heterocycles. The highest BCUT2D eigenvalue weighted by molar-refractivity contribution is 5.48. The second-order valence-electron chi connectivity index (χ2n) is 3.19. The van der Waals surface area contributed by atoms with Crippen molar-refractivity contribution in [3.05, 3.63) is 66.7 Å². The van der Waals surface area contributed by atoms with E-state index in [4.69, 9.17) is 4.74 Å². The van der Waals surface area contributed by atoms with Crippen molar-refractivity contribution in [1.29, 1.82) is 0 Å². The van der Waals surface area contributed by atoms with Crippen molar-refractivity contribution >= 4 is 6.08 Å². The Labute approximate surface area is 89.6 Å². The third kappa shape index (κ3) is 2.47. The van der Waals surface area contributed by atoms with E-state index < -0.39 is 0 Å². The topological polar surface area (TPSA) is 9.23 Å². The van der Waals surface area contributed by atoms with Crippen molar-refractivity contribution in [2.24, 2.45) is 0 Å². The van der Waals surface area contributed by atoms with Crippen LogP contribution in [0.2, 0.25) is 0 Å². The van der Waals surface area contributed by atoms with Gasteiger partial charge in [-0.1, -0.05) is 43.0 Å². The number of rotatable bonds is 3. The average molecular weight is 196 g/mol. The lowest BCUT2D eigenvalue weighted by molar-refractivity contribution is 0.482. The quantitative estimate of drug-likeness (QED) is 0.717. The van der Waals surface area contributed by atoms with Crippen LogP contribution in [0, 0.1) is 0 Å². The van der Waals surface area contributed by atoms with Gasteiger partial charge in [-0.25, -0.2) is 0 Å². The fraction of sp³-hybridized carbons (Fsp3) is 0. The molecule has 0 amide bonds. The summed E-state index contributed by atoms with van der Waals surface area (Å²) in [7, 11) is 0. The molecule has 0 aromatic heterocycles. The van der Waals surface area contributed by atoms with Gasteiger partial charge in [-0.05, 0) is 29.8 Å². The highest BCUT2D eigenvalue weighted by Gasteiger charge is 1.94. The molecule has 74 valence electrons. The summed E-state index contributed by atoms with van der Waals surface area (Å²) >= 11 is 0. The van der Waals surface area contributed by atoms with Crippen molar-refractivity contribution < 1.29 is 4.74 Å². The molecule has 0 aliphatic carbocycles. The third-order valence-corrected chi connectivity index (χ3v) is 2.09. The van der Waals surface area contributed by atoms with E-state index in [0.29, 0.717) is 0 Å². The van der Waals surface area contributed by atoms with Gasteiger partial charge in [-0.3, -0.25) is 0 Å². The van der Waals surface area contributed by atoms with E-state index >= 15 is 0 Å². The smallest absolute Gasteiger partial charge is 0.127 e. The summed E-state index contributed by atoms with van der Waals surface area (Å²) in [6, 6.07) is 17.6. The zero-order valence-corrected chi connectivity index (χ0v) is 8.39. The Balaban J connectivity index is 2.15. The highest BCUT2D eigenvalue weighted by atomic mass is 16.5. The Hall–Kier alpha value is -2.02. The summed E-state index contributed by atoms with van der Waals surface area (Å²) in [6.45, 7) is 3.70. The lowest BCUT2D eigenvalue weighted by atomic mass is 10.2. The summed E-state index contributed by atoms with van der Waals surface area (Å²) in [4.78, 5) is 0. The number of hydrogen-bond acceptors (Lipinski definition) is 1. The molecule has 0 aliphatic rings. The molecule has 0 fully saturated rings. The van der Waals surface area contributed by atoms with E-state index in [0.717, 1.165) is 17.1 Å². The van der Waals surface area contributed by atoms with Crippen molar-refractivity contribution in [2.45, 2.75) is 0 Å². The highest BCUT2D eigenvalue weighted by Crippen LogP contribution is 2.21. The minimum absolute atomic E-state index is 0.840. The lowest BCUT2D eigenvalue weighted by Crippen LogP contribution is -1.83. The molecule has 0 N–H and O–H groups in total. The maximum atomic E-state index is 5.64. The van der Waals surface area contributed by atoms with Crippen LogP contribution in [0.5, 0.6) is 11.5 Å². The largest absolute Gasteiger partial charge is 0.457 e. The van der Waals surface area contributed by atoms with Crippen molar-refractivity contribution in [3.8, 4) is 11.5 Å². The van der Waals surface area contributed by atoms with Gasteiger partial charge in [0.1, 0.15) is 11.5 Å². The van der Waals surface area contributed by atoms with Gasteiger partial charge in [0.15, 0.2) is 0 Å². The molecule has 0 radical (unpaired) electrons. The molecule has 1 nitrogen and oxygen atoms in total. The van der Waals surface area contributed by atoms with Crippen molar-refractivity contribution in [1.82, 2.24) is 0 Å². The molecule has 15 heavy (non-hydrogen) atoms. The van der Waals surface area contributed by atoms with Crippen LogP contribution in [-0.2, 0) is 0 Å². The first-order valence-corrected chi connectivity index (χ1v) is 4.84. The Morgan fingerprint density at radius 1 is 0.800 bits per heavy atom. The molecule has 0 saturated heterocycles. The van der Waals surface area contributed by atoms with Crippen LogP contribution in [0.3, 0.4) is 0 Å². The zero-order valence-electron chi connectivity index (χ0n) is 8.39. The van der Waals surface area contributed by atoms with E-state index in [9.17, 15) is 0 Å². The van der Waals surface area contributed by atoms with Crippen LogP contribution in [0.15, 0.2) is 61.2 Å². The van der Waals surface area contributed by atoms with Crippen molar-refractivity contribution in [3.63, 3.8) is 0 Å². The van der Waals surface area contributed by atoms with Gasteiger partial charge in [0.25, 0.3) is 0 Å². The molecule has 0 spiro atoms. The van der Waals surface area contributed by atoms with E-state index in [2.05, 4.69) is 6.58 Å². The van der Waals surface area contributed by atoms with Crippen LogP contribution in [0.4, 0.5) is 0 Å². The third-order valence-electron chi connectivity index (χ3n) is 2.09. The molecule has 2 rings (SSSR count). The molecular weight excluding hydrogens is 184 g/mol. The van der Waals surface area contributed by atoms with Gasteiger partial charge in [-0.15, -0.1) is 0 Å². The summed E-state index contributed by atoms with van der Waals surface area (Å²) in [5.74, 6) is 1.69. The first-order chi connectivity index (χ1) is 7.38. The first kappa shape index (κ1) is 9.53. The second kappa shape index (κ2) is 4.47. The van der Waals surface area contributed by atoms with E-state index in [1.165, 1.54) is 0 Å². The van der Waals surface area contributed by atoms with Crippen LogP contribution in [0.25, 0.3) is 6.08 Å². The fourth-order valence-corrected chi connectivity index (χ4v) is 1.30. The minimum atomic E-state index is 0.840. The molecule has 0 saturated carbocycles. The summed E-state index contributed by atoms with van der Waals surface area (Å²) < 4.78 is 5.64. The van der Waals surface area contributed by atoms with E-state index in [1.54, 1.807) is 0 Å². The lowest BCUT2D eigenvalue weighted by Gasteiger charge is -2.04. The predicted octanol–water partition coefficient (Wildman–Crippen LogP) is 4.12. The monoisotopic (exact) mass is 196 g/mol. The van der Waals surface area contributed by atoms with Crippen LogP contribution >= 0.6 is 0 Å². The Morgan fingerprint density at radius 3 is 2.00 bits per heavy atom. The van der Waals surface area contributed by atoms with Gasteiger partial charge < -0.3 is 4.74 Å². The number of hydrogen-bond donors (Lipinski definition) is 0. The standard InChI is InChI=1S/C14H12O/c1-2-12-8-10-14(11-9-12)15-13-6-4-3-5-7-13/h2-11H,1H2. The normalized spacial score (nSPS) is 9.60. The molecule has 0 atom stereocenters. The maximum Gasteiger partial charge on any atom is 0.127 e. The molecular formula is C14H12O. The zero-order chi connectivity index (χ0) is 10.5. The van der Waals surface area contributed by atoms with Crippen molar-refractivity contribution in [2.75, 3.05) is 0 Å². The number of para-hydroxylation sites is 1. The molecule has 2 aromatic rings. The average Bonchev–Trinajstić information content (AvgIpc) is 2.31. The Morgan fingerprint density at radius 2 is 1.40 bits per heavy atom. The predicted molar refractivity (Wildman–Crippen MR) is 63.0 cm³/mol. The van der Waals surface area contributed by atoms with Crippen LogP contribution in [-0.4, -0.2) is 0 Å². The Kier molecular flexibility index (Phi) is 2.84. The molecule has 1 heteroatoms. The summed E-state index contributed by atoms with van der Waals surface area (Å²) in [5.41, 5.74) is 1.09. The van der Waals surface area contributed by atoms with Crippen LogP contribution < -0.4 is 4.74 Å². The number of ether oxygens (including phenoxy) is 1. The SMILES string of the molecule is C=Cc1ccc(Oc2ccccc2)cc1. The van der Waals surface area contributed by atoms with Gasteiger partial charge in [0, 0.05) is 0 Å². The summed E-state index contributed by atoms with van der Waals surface area (Å²) in [5, 5.41) is 0. The molecule has 2 aromatic carbocycles. The molecule has 0 unspecified atom stereocenters. The second-order valence-corrected chi connectivity index (χ2v) is 3.19. The van der Waals surface area contributed by atoms with Gasteiger partial charge in [0.2, 0.25) is 0 Å². The number of benzene rings is 2. The van der Waals surface area contributed by atoms with E-state index in [1.807, 2.05) is 60.7 Å². The van der Waals surface area contributed by atoms with Crippen LogP contribution in [0.1, 0.15) is 5.56 Å². The minimum Gasteiger partial charge on any atom is -0.457 e.